The van der Waals surface area contributed by atoms with Gasteiger partial charge in [0.1, 0.15) is 11.5 Å². The van der Waals surface area contributed by atoms with Gasteiger partial charge in [-0.05, 0) is 49.6 Å². The summed E-state index contributed by atoms with van der Waals surface area (Å²) in [6, 6.07) is 8.58. The molecule has 0 radical (unpaired) electrons. The van der Waals surface area contributed by atoms with Gasteiger partial charge in [0, 0.05) is 54.2 Å². The molecule has 0 spiro atoms. The Morgan fingerprint density at radius 1 is 1.28 bits per heavy atom. The highest BCUT2D eigenvalue weighted by molar-refractivity contribution is 5.93. The van der Waals surface area contributed by atoms with Crippen molar-refractivity contribution in [3.63, 3.8) is 0 Å². The number of aromatic nitrogens is 2. The maximum absolute atomic E-state index is 13.7. The highest BCUT2D eigenvalue weighted by Crippen LogP contribution is 2.30. The minimum absolute atomic E-state index is 0.205. The van der Waals surface area contributed by atoms with Gasteiger partial charge in [0.15, 0.2) is 0 Å². The number of hydrogen-bond donors (Lipinski definition) is 1. The van der Waals surface area contributed by atoms with Crippen LogP contribution in [0.5, 0.6) is 0 Å². The summed E-state index contributed by atoms with van der Waals surface area (Å²) in [6.07, 6.45) is 7.94. The van der Waals surface area contributed by atoms with Crippen LogP contribution in [0.15, 0.2) is 48.8 Å². The van der Waals surface area contributed by atoms with Crippen LogP contribution in [0.3, 0.4) is 0 Å². The molecule has 0 atom stereocenters. The first kappa shape index (κ1) is 19.2. The smallest absolute Gasteiger partial charge is 0.322 e. The molecule has 0 fully saturated rings. The Balaban J connectivity index is 1.52. The van der Waals surface area contributed by atoms with Crippen molar-refractivity contribution in [3.8, 4) is 0 Å². The minimum atomic E-state index is -0.319. The molecule has 6 heteroatoms. The van der Waals surface area contributed by atoms with Gasteiger partial charge in [-0.25, -0.2) is 14.2 Å². The zero-order chi connectivity index (χ0) is 20.4. The molecule has 0 saturated carbocycles. The number of aryl methyl sites for hydroxylation is 1. The molecule has 5 nitrogen and oxygen atoms in total. The lowest BCUT2D eigenvalue weighted by Crippen LogP contribution is -2.38. The van der Waals surface area contributed by atoms with Crippen molar-refractivity contribution in [2.24, 2.45) is 0 Å². The second kappa shape index (κ2) is 8.07. The van der Waals surface area contributed by atoms with Gasteiger partial charge in [0.25, 0.3) is 0 Å². The van der Waals surface area contributed by atoms with Crippen LogP contribution in [0.2, 0.25) is 0 Å². The molecule has 0 saturated heterocycles. The van der Waals surface area contributed by atoms with Crippen molar-refractivity contribution < 1.29 is 9.18 Å². The normalized spacial score (nSPS) is 14.2. The molecule has 3 heterocycles. The first-order valence-corrected chi connectivity index (χ1v) is 10.0. The molecule has 1 aliphatic heterocycles. The van der Waals surface area contributed by atoms with E-state index in [2.05, 4.69) is 40.1 Å². The van der Waals surface area contributed by atoms with E-state index in [1.54, 1.807) is 24.0 Å². The van der Waals surface area contributed by atoms with Crippen molar-refractivity contribution in [1.29, 1.82) is 0 Å². The summed E-state index contributed by atoms with van der Waals surface area (Å²) in [4.78, 5) is 18.9. The number of anilines is 1. The van der Waals surface area contributed by atoms with Gasteiger partial charge in [-0.15, -0.1) is 0 Å². The van der Waals surface area contributed by atoms with Gasteiger partial charge in [0.05, 0.1) is 0 Å². The zero-order valence-electron chi connectivity index (χ0n) is 16.8. The lowest BCUT2D eigenvalue weighted by atomic mass is 10.00. The van der Waals surface area contributed by atoms with Crippen molar-refractivity contribution in [3.05, 3.63) is 65.7 Å². The van der Waals surface area contributed by atoms with E-state index >= 15 is 0 Å². The summed E-state index contributed by atoms with van der Waals surface area (Å²) in [5, 5.41) is 3.98. The molecule has 2 amide bonds. The molecule has 0 unspecified atom stereocenters. The topological polar surface area (TPSA) is 50.2 Å². The number of urea groups is 1. The number of carbonyl (C=O) groups excluding carboxylic acids is 1. The predicted molar refractivity (Wildman–Crippen MR) is 114 cm³/mol. The summed E-state index contributed by atoms with van der Waals surface area (Å²) in [6.45, 7) is 5.90. The van der Waals surface area contributed by atoms with Crippen LogP contribution in [0.25, 0.3) is 16.6 Å². The first-order chi connectivity index (χ1) is 14.1. The molecule has 150 valence electrons. The second-order valence-electron chi connectivity index (χ2n) is 7.38. The zero-order valence-corrected chi connectivity index (χ0v) is 16.8. The van der Waals surface area contributed by atoms with Gasteiger partial charge in [-0.3, -0.25) is 0 Å². The average Bonchev–Trinajstić information content (AvgIpc) is 3.10. The monoisotopic (exact) mass is 392 g/mol. The van der Waals surface area contributed by atoms with Crippen LogP contribution in [0, 0.1) is 12.7 Å². The maximum Gasteiger partial charge on any atom is 0.322 e. The number of fused-ring (bicyclic) bond motifs is 1. The number of carbonyl (C=O) groups is 1. The van der Waals surface area contributed by atoms with Crippen molar-refractivity contribution in [1.82, 2.24) is 14.5 Å². The Morgan fingerprint density at radius 3 is 2.90 bits per heavy atom. The third-order valence-electron chi connectivity index (χ3n) is 5.45. The lowest BCUT2D eigenvalue weighted by Gasteiger charge is -2.27. The fourth-order valence-electron chi connectivity index (χ4n) is 3.83. The summed E-state index contributed by atoms with van der Waals surface area (Å²) in [5.74, 6) is -0.319. The summed E-state index contributed by atoms with van der Waals surface area (Å²) >= 11 is 0. The number of benzene rings is 1. The van der Waals surface area contributed by atoms with Crippen molar-refractivity contribution in [2.45, 2.75) is 33.2 Å². The number of halogens is 1. The Hall–Kier alpha value is -3.15. The molecule has 0 bridgehead atoms. The third kappa shape index (κ3) is 3.75. The number of rotatable bonds is 4. The average molecular weight is 392 g/mol. The number of pyridine rings is 1. The van der Waals surface area contributed by atoms with Crippen LogP contribution in [0.4, 0.5) is 14.9 Å². The molecule has 1 aliphatic rings. The standard InChI is InChI=1S/C23H25FN4O/c1-3-12-28-15-19(18-6-5-11-25-22(18)28)17-9-13-27(14-10-17)23(29)26-21-8-4-7-20(24)16(21)2/h4-9,11,15H,3,10,12-14H2,1-2H3,(H,26,29). The molecule has 3 aromatic rings. The molecule has 0 aliphatic carbocycles. The molecular weight excluding hydrogens is 367 g/mol. The maximum atomic E-state index is 13.7. The van der Waals surface area contributed by atoms with Gasteiger partial charge in [-0.2, -0.15) is 0 Å². The van der Waals surface area contributed by atoms with E-state index in [0.29, 0.717) is 24.3 Å². The SMILES string of the molecule is CCCn1cc(C2=CCN(C(=O)Nc3cccc(F)c3C)CC2)c2cccnc21. The third-order valence-corrected chi connectivity index (χ3v) is 5.45. The number of amides is 2. The molecule has 29 heavy (non-hydrogen) atoms. The van der Waals surface area contributed by atoms with E-state index in [4.69, 9.17) is 0 Å². The highest BCUT2D eigenvalue weighted by atomic mass is 19.1. The Kier molecular flexibility index (Phi) is 5.34. The van der Waals surface area contributed by atoms with Crippen LogP contribution >= 0.6 is 0 Å². The van der Waals surface area contributed by atoms with Crippen molar-refractivity contribution in [2.75, 3.05) is 18.4 Å². The van der Waals surface area contributed by atoms with E-state index in [0.717, 1.165) is 30.4 Å². The number of hydrogen-bond acceptors (Lipinski definition) is 2. The molecule has 2 aromatic heterocycles. The minimum Gasteiger partial charge on any atom is -0.332 e. The van der Waals surface area contributed by atoms with Crippen LogP contribution in [-0.2, 0) is 6.54 Å². The van der Waals surface area contributed by atoms with E-state index in [-0.39, 0.29) is 11.8 Å². The van der Waals surface area contributed by atoms with Gasteiger partial charge < -0.3 is 14.8 Å². The molecular formula is C23H25FN4O. The Morgan fingerprint density at radius 2 is 2.14 bits per heavy atom. The van der Waals surface area contributed by atoms with E-state index < -0.39 is 0 Å². The lowest BCUT2D eigenvalue weighted by molar-refractivity contribution is 0.217. The fraction of sp³-hybridized carbons (Fsp3) is 0.304. The number of nitrogens with zero attached hydrogens (tertiary/aromatic N) is 3. The quantitative estimate of drug-likeness (QED) is 0.662. The van der Waals surface area contributed by atoms with Gasteiger partial charge >= 0.3 is 6.03 Å². The van der Waals surface area contributed by atoms with E-state index in [1.807, 2.05) is 12.3 Å². The summed E-state index contributed by atoms with van der Waals surface area (Å²) < 4.78 is 15.9. The second-order valence-corrected chi connectivity index (χ2v) is 7.38. The van der Waals surface area contributed by atoms with Gasteiger partial charge in [-0.1, -0.05) is 19.1 Å². The number of nitrogens with one attached hydrogen (secondary N) is 1. The Labute approximate surface area is 169 Å². The first-order valence-electron chi connectivity index (χ1n) is 10.0. The molecule has 4 rings (SSSR count). The fourth-order valence-corrected chi connectivity index (χ4v) is 3.83. The van der Waals surface area contributed by atoms with Crippen LogP contribution in [-0.4, -0.2) is 33.6 Å². The molecule has 1 N–H and O–H groups in total. The highest BCUT2D eigenvalue weighted by Gasteiger charge is 2.21. The van der Waals surface area contributed by atoms with Gasteiger partial charge in [0.2, 0.25) is 0 Å². The largest absolute Gasteiger partial charge is 0.332 e. The van der Waals surface area contributed by atoms with Crippen molar-refractivity contribution >= 4 is 28.3 Å². The van der Waals surface area contributed by atoms with Crippen LogP contribution in [0.1, 0.15) is 30.9 Å². The predicted octanol–water partition coefficient (Wildman–Crippen LogP) is 5.22. The Bertz CT molecular complexity index is 1090. The molecule has 1 aromatic carbocycles. The van der Waals surface area contributed by atoms with E-state index in [9.17, 15) is 9.18 Å². The van der Waals surface area contributed by atoms with Crippen LogP contribution < -0.4 is 5.32 Å². The van der Waals surface area contributed by atoms with E-state index in [1.165, 1.54) is 17.2 Å². The summed E-state index contributed by atoms with van der Waals surface area (Å²) in [7, 11) is 0. The summed E-state index contributed by atoms with van der Waals surface area (Å²) in [5.41, 5.74) is 4.40.